The van der Waals surface area contributed by atoms with Crippen LogP contribution in [0.25, 0.3) is 0 Å². The highest BCUT2D eigenvalue weighted by molar-refractivity contribution is 5.22. The molecule has 0 spiro atoms. The second kappa shape index (κ2) is 10.0. The van der Waals surface area contributed by atoms with Crippen LogP contribution >= 0.6 is 0 Å². The van der Waals surface area contributed by atoms with Crippen molar-refractivity contribution >= 4 is 0 Å². The topological polar surface area (TPSA) is 23.8 Å². The molecule has 0 heterocycles. The van der Waals surface area contributed by atoms with E-state index in [1.807, 2.05) is 12.1 Å². The summed E-state index contributed by atoms with van der Waals surface area (Å²) >= 11 is 0. The molecule has 0 aliphatic heterocycles. The third kappa shape index (κ3) is 5.53. The van der Waals surface area contributed by atoms with Crippen molar-refractivity contribution < 1.29 is 8.78 Å². The van der Waals surface area contributed by atoms with Crippen LogP contribution in [0.3, 0.4) is 0 Å². The van der Waals surface area contributed by atoms with Gasteiger partial charge in [-0.05, 0) is 112 Å². The van der Waals surface area contributed by atoms with Crippen LogP contribution < -0.4 is 0 Å². The van der Waals surface area contributed by atoms with Crippen LogP contribution in [0.2, 0.25) is 0 Å². The van der Waals surface area contributed by atoms with Crippen LogP contribution in [0.1, 0.15) is 75.7 Å². The van der Waals surface area contributed by atoms with Gasteiger partial charge in [0.1, 0.15) is 11.9 Å². The number of hydrogen-bond donors (Lipinski definition) is 0. The summed E-state index contributed by atoms with van der Waals surface area (Å²) in [6.45, 7) is 4.49. The van der Waals surface area contributed by atoms with Gasteiger partial charge in [0.25, 0.3) is 0 Å². The zero-order chi connectivity index (χ0) is 19.9. The van der Waals surface area contributed by atoms with Gasteiger partial charge in [0.2, 0.25) is 0 Å². The first-order valence-electron chi connectivity index (χ1n) is 10.8. The third-order valence-corrected chi connectivity index (χ3v) is 6.97. The predicted octanol–water partition coefficient (Wildman–Crippen LogP) is 7.62. The molecule has 2 fully saturated rings. The summed E-state index contributed by atoms with van der Waals surface area (Å²) in [6.07, 6.45) is 12.6. The van der Waals surface area contributed by atoms with E-state index in [1.165, 1.54) is 68.6 Å². The third-order valence-electron chi connectivity index (χ3n) is 6.97. The molecule has 2 saturated carbocycles. The standard InChI is InChI=1S/C25H31F2N/c1-18(20-7-5-19(6-8-20)3-2-4-25(27)17-28)21-9-11-22(12-10-21)23-13-15-24(26)16-14-23/h4,13-16,19-22H,1-3,5-12H2. The van der Waals surface area contributed by atoms with E-state index in [0.29, 0.717) is 30.1 Å². The van der Waals surface area contributed by atoms with Crippen molar-refractivity contribution in [2.45, 2.75) is 70.1 Å². The maximum Gasteiger partial charge on any atom is 0.196 e. The Kier molecular flexibility index (Phi) is 7.43. The first-order chi connectivity index (χ1) is 13.6. The van der Waals surface area contributed by atoms with Gasteiger partial charge < -0.3 is 0 Å². The summed E-state index contributed by atoms with van der Waals surface area (Å²) in [5, 5.41) is 8.47. The maximum absolute atomic E-state index is 13.1. The predicted molar refractivity (Wildman–Crippen MR) is 110 cm³/mol. The van der Waals surface area contributed by atoms with Gasteiger partial charge in [0, 0.05) is 0 Å². The molecule has 3 rings (SSSR count). The van der Waals surface area contributed by atoms with E-state index in [1.54, 1.807) is 18.2 Å². The molecule has 0 N–H and O–H groups in total. The average molecular weight is 384 g/mol. The Balaban J connectivity index is 1.41. The second-order valence-corrected chi connectivity index (χ2v) is 8.63. The molecule has 0 amide bonds. The zero-order valence-corrected chi connectivity index (χ0v) is 16.7. The number of hydrogen-bond acceptors (Lipinski definition) is 1. The highest BCUT2D eigenvalue weighted by Crippen LogP contribution is 2.44. The lowest BCUT2D eigenvalue weighted by Gasteiger charge is -2.36. The number of rotatable bonds is 6. The molecule has 0 aromatic heterocycles. The lowest BCUT2D eigenvalue weighted by Crippen LogP contribution is -2.22. The minimum Gasteiger partial charge on any atom is -0.207 e. The number of nitriles is 1. The lowest BCUT2D eigenvalue weighted by atomic mass is 9.69. The monoisotopic (exact) mass is 383 g/mol. The minimum absolute atomic E-state index is 0.160. The number of allylic oxidation sites excluding steroid dienone is 3. The minimum atomic E-state index is -0.654. The van der Waals surface area contributed by atoms with E-state index in [4.69, 9.17) is 5.26 Å². The van der Waals surface area contributed by atoms with Gasteiger partial charge in [0.05, 0.1) is 0 Å². The van der Waals surface area contributed by atoms with Crippen molar-refractivity contribution in [2.75, 3.05) is 0 Å². The van der Waals surface area contributed by atoms with Crippen molar-refractivity contribution in [1.29, 1.82) is 5.26 Å². The molecule has 1 nitrogen and oxygen atoms in total. The van der Waals surface area contributed by atoms with Crippen molar-refractivity contribution in [1.82, 2.24) is 0 Å². The van der Waals surface area contributed by atoms with E-state index in [2.05, 4.69) is 6.58 Å². The highest BCUT2D eigenvalue weighted by Gasteiger charge is 2.29. The Morgan fingerprint density at radius 1 is 1.00 bits per heavy atom. The molecule has 1 aromatic rings. The average Bonchev–Trinajstić information content (AvgIpc) is 2.74. The van der Waals surface area contributed by atoms with Gasteiger partial charge in [-0.2, -0.15) is 9.65 Å². The van der Waals surface area contributed by atoms with Crippen LogP contribution in [-0.4, -0.2) is 0 Å². The number of halogens is 2. The molecule has 0 radical (unpaired) electrons. The fourth-order valence-electron chi connectivity index (χ4n) is 5.18. The van der Waals surface area contributed by atoms with Crippen LogP contribution in [0, 0.1) is 34.9 Å². The zero-order valence-electron chi connectivity index (χ0n) is 16.7. The lowest BCUT2D eigenvalue weighted by molar-refractivity contribution is 0.260. The normalized spacial score (nSPS) is 28.5. The molecule has 150 valence electrons. The summed E-state index contributed by atoms with van der Waals surface area (Å²) in [4.78, 5) is 0. The molecule has 2 aliphatic rings. The van der Waals surface area contributed by atoms with Gasteiger partial charge in [-0.1, -0.05) is 24.3 Å². The van der Waals surface area contributed by atoms with Crippen LogP contribution in [0.5, 0.6) is 0 Å². The van der Waals surface area contributed by atoms with Crippen molar-refractivity contribution in [2.24, 2.45) is 17.8 Å². The van der Waals surface area contributed by atoms with E-state index < -0.39 is 5.83 Å². The van der Waals surface area contributed by atoms with E-state index in [0.717, 1.165) is 6.42 Å². The van der Waals surface area contributed by atoms with E-state index in [-0.39, 0.29) is 5.82 Å². The molecular formula is C25H31F2N. The van der Waals surface area contributed by atoms with Crippen molar-refractivity contribution in [3.8, 4) is 6.07 Å². The summed E-state index contributed by atoms with van der Waals surface area (Å²) in [7, 11) is 0. The Hall–Kier alpha value is -1.95. The fraction of sp³-hybridized carbons (Fsp3) is 0.560. The van der Waals surface area contributed by atoms with Gasteiger partial charge in [-0.25, -0.2) is 4.39 Å². The van der Waals surface area contributed by atoms with E-state index in [9.17, 15) is 8.78 Å². The van der Waals surface area contributed by atoms with Crippen molar-refractivity contribution in [3.05, 3.63) is 59.7 Å². The Bertz CT molecular complexity index is 712. The Morgan fingerprint density at radius 2 is 1.57 bits per heavy atom. The van der Waals surface area contributed by atoms with Gasteiger partial charge in [-0.15, -0.1) is 0 Å². The Labute approximate surface area is 168 Å². The molecule has 28 heavy (non-hydrogen) atoms. The molecule has 0 bridgehead atoms. The molecule has 3 heteroatoms. The largest absolute Gasteiger partial charge is 0.207 e. The SMILES string of the molecule is C=C(C1CCC(CCC=C(F)C#N)CC1)C1CCC(c2ccc(F)cc2)CC1. The van der Waals surface area contributed by atoms with Gasteiger partial charge >= 0.3 is 0 Å². The molecule has 0 unspecified atom stereocenters. The summed E-state index contributed by atoms with van der Waals surface area (Å²) < 4.78 is 26.0. The number of benzene rings is 1. The first-order valence-corrected chi connectivity index (χ1v) is 10.8. The summed E-state index contributed by atoms with van der Waals surface area (Å²) in [5.41, 5.74) is 2.72. The van der Waals surface area contributed by atoms with Crippen LogP contribution in [0.4, 0.5) is 8.78 Å². The molecule has 0 atom stereocenters. The van der Waals surface area contributed by atoms with Gasteiger partial charge in [-0.3, -0.25) is 0 Å². The number of nitrogens with zero attached hydrogens (tertiary/aromatic N) is 1. The van der Waals surface area contributed by atoms with Crippen molar-refractivity contribution in [3.63, 3.8) is 0 Å². The summed E-state index contributed by atoms with van der Waals surface area (Å²) in [5.74, 6) is 1.66. The molecule has 1 aromatic carbocycles. The quantitative estimate of drug-likeness (QED) is 0.366. The van der Waals surface area contributed by atoms with Crippen LogP contribution in [0.15, 0.2) is 48.3 Å². The van der Waals surface area contributed by atoms with Crippen LogP contribution in [-0.2, 0) is 0 Å². The Morgan fingerprint density at radius 3 is 2.14 bits per heavy atom. The maximum atomic E-state index is 13.1. The van der Waals surface area contributed by atoms with Gasteiger partial charge in [0.15, 0.2) is 5.83 Å². The highest BCUT2D eigenvalue weighted by atomic mass is 19.1. The molecule has 2 aliphatic carbocycles. The summed E-state index contributed by atoms with van der Waals surface area (Å²) in [6, 6.07) is 8.57. The fourth-order valence-corrected chi connectivity index (χ4v) is 5.18. The first kappa shape index (κ1) is 20.8. The second-order valence-electron chi connectivity index (χ2n) is 8.63. The van der Waals surface area contributed by atoms with E-state index >= 15 is 0 Å². The molecular weight excluding hydrogens is 352 g/mol. The smallest absolute Gasteiger partial charge is 0.196 e. The molecule has 0 saturated heterocycles.